The number of benzene rings is 2. The average molecular weight is 1380 g/mol. The molecule has 6 N–H and O–H groups in total. The number of halogens is 14. The minimum atomic E-state index is -0.857. The Morgan fingerprint density at radius 2 is 1.10 bits per heavy atom. The molecule has 0 atom stereocenters. The number of nitrogens with two attached hydrogens (primary N) is 1. The number of amidine groups is 1. The van der Waals surface area contributed by atoms with Gasteiger partial charge in [-0.25, -0.2) is 19.6 Å². The molecule has 9 rings (SSSR count). The third-order valence-corrected chi connectivity index (χ3v) is 11.1. The Labute approximate surface area is 501 Å². The molecule has 22 nitrogen and oxygen atoms in total. The van der Waals surface area contributed by atoms with Gasteiger partial charge in [0.2, 0.25) is 11.7 Å². The van der Waals surface area contributed by atoms with Crippen LogP contribution >= 0.6 is 22.6 Å². The number of ether oxygens (including phenoxy) is 2. The van der Waals surface area contributed by atoms with Gasteiger partial charge in [0.15, 0.2) is 5.84 Å². The molecule has 2 saturated heterocycles. The Bertz CT molecular complexity index is 3260. The zero-order chi connectivity index (χ0) is 66.8. The van der Waals surface area contributed by atoms with Gasteiger partial charge < -0.3 is 50.5 Å². The number of alkyl halides is 1. The van der Waals surface area contributed by atoms with E-state index in [9.17, 15) is 24.0 Å². The maximum absolute atomic E-state index is 12.9. The number of carbonyl (C=O) groups excluding carboxylic acids is 4. The van der Waals surface area contributed by atoms with E-state index in [0.717, 1.165) is 11.1 Å². The fraction of sp³-hybridized carbons (Fsp3) is 0.333. The molecule has 4 amide bonds. The number of fused-ring (bicyclic) bond motifs is 2. The van der Waals surface area contributed by atoms with Crippen molar-refractivity contribution in [3.05, 3.63) is 132 Å². The van der Waals surface area contributed by atoms with Crippen molar-refractivity contribution in [2.24, 2.45) is 16.8 Å². The summed E-state index contributed by atoms with van der Waals surface area (Å²) in [4.78, 5) is 75.8. The van der Waals surface area contributed by atoms with Crippen LogP contribution in [-0.4, -0.2) is 127 Å². The number of aromatic nitrogens is 6. The minimum absolute atomic E-state index is 0. The van der Waals surface area contributed by atoms with Gasteiger partial charge in [0.1, 0.15) is 33.9 Å². The third-order valence-electron chi connectivity index (χ3n) is 11.1. The molecule has 7 aromatic rings. The number of aliphatic carboxylic acids is 1. The lowest BCUT2D eigenvalue weighted by Gasteiger charge is -2.37. The highest BCUT2D eigenvalue weighted by Gasteiger charge is 2.39. The Morgan fingerprint density at radius 1 is 0.690 bits per heavy atom. The van der Waals surface area contributed by atoms with Crippen molar-refractivity contribution >= 4 is 81.1 Å². The molecule has 0 saturated carbocycles. The van der Waals surface area contributed by atoms with E-state index in [1.165, 1.54) is 11.1 Å². The summed E-state index contributed by atoms with van der Waals surface area (Å²) < 4.78 is 122. The number of imidazole rings is 2. The first-order valence-corrected chi connectivity index (χ1v) is 25.4. The molecule has 482 valence electrons. The van der Waals surface area contributed by atoms with Crippen LogP contribution < -0.4 is 16.4 Å². The number of carbonyl (C=O) groups is 5. The molecule has 87 heavy (non-hydrogen) atoms. The van der Waals surface area contributed by atoms with E-state index in [1.54, 1.807) is 71.3 Å². The third kappa shape index (κ3) is 24.1. The van der Waals surface area contributed by atoms with Crippen LogP contribution in [0.15, 0.2) is 107 Å². The van der Waals surface area contributed by atoms with Gasteiger partial charge >= 0.3 is 18.2 Å². The fourth-order valence-electron chi connectivity index (χ4n) is 7.18. The second kappa shape index (κ2) is 40.3. The standard InChI is InChI=1S/C25H26N6O4.C16H15N5O2.C9H15NO4.CH3I.6F2.FH/c1-15-8-9-16(11-18(15)27-22(32)19-12-26-20-7-5-6-10-31(19)20)21-28-23(35-29-21)17-13-30(14-17)24(33)34-25(2,3)4;1-10-5-6-11(15(17)20-23)8-12(10)19-16(22)13-9-18-14-4-2-3-7-21(13)14;1-9(2,3)14-8(13)10-4-6(5-10)7(11)12;7*1-2;/h5-12,17H,13-14H2,1-4H3,(H,27,32);2-9,23H,1H3,(H2,17,20)(H,19,22);6H,4-5H2,1-3H3,(H,11,12);1H3;;;;;;;1H/i;;;1D;;;;;;;. The van der Waals surface area contributed by atoms with Gasteiger partial charge in [-0.2, -0.15) is 4.98 Å². The van der Waals surface area contributed by atoms with Gasteiger partial charge in [0.25, 0.3) is 11.8 Å². The SMILES string of the molecule is CC(C)(C)OC(=O)N1CC(C(=O)O)C1.Cc1ccc(-c2noc(C3CN(C(=O)OC(C)(C)C)C3)n2)cc1NC(=O)c1cnc2ccccn12.Cc1ccc(/C(N)=N/O)cc1NC(=O)c1cnc2ccccn12.F.FF.FF.FF.FF.FF.FF.[2H]CI. The molecule has 2 aromatic carbocycles. The predicted octanol–water partition coefficient (Wildman–Crippen LogP) is 13.5. The van der Waals surface area contributed by atoms with Crippen molar-refractivity contribution < 1.29 is 109 Å². The molecule has 5 aromatic heterocycles. The zero-order valence-corrected chi connectivity index (χ0v) is 49.2. The van der Waals surface area contributed by atoms with Crippen LogP contribution in [0.1, 0.15) is 92.4 Å². The number of rotatable bonds is 8. The number of anilines is 2. The molecule has 2 aliphatic rings. The van der Waals surface area contributed by atoms with Crippen molar-refractivity contribution in [1.82, 2.24) is 38.7 Å². The lowest BCUT2D eigenvalue weighted by atomic mass is 10.0. The summed E-state index contributed by atoms with van der Waals surface area (Å²) in [5.41, 5.74) is 11.0. The quantitative estimate of drug-likeness (QED) is 0.0180. The highest BCUT2D eigenvalue weighted by atomic mass is 127. The molecule has 36 heteroatoms. The van der Waals surface area contributed by atoms with Crippen LogP contribution in [0.4, 0.5) is 80.6 Å². The number of amides is 4. The molecule has 0 radical (unpaired) electrons. The maximum atomic E-state index is 12.9. The second-order valence-electron chi connectivity index (χ2n) is 19.1. The molecule has 0 spiro atoms. The molecular formula is C51H60F13IN12O10. The average Bonchev–Trinajstić information content (AvgIpc) is 2.44. The number of aryl methyl sites for hydroxylation is 2. The smallest absolute Gasteiger partial charge is 0.410 e. The normalized spacial score (nSPS) is 12.2. The van der Waals surface area contributed by atoms with Crippen molar-refractivity contribution in [3.63, 3.8) is 0 Å². The highest BCUT2D eigenvalue weighted by Crippen LogP contribution is 2.31. The van der Waals surface area contributed by atoms with Crippen molar-refractivity contribution in [3.8, 4) is 11.4 Å². The number of hydrogen-bond donors (Lipinski definition) is 5. The Kier molecular flexibility index (Phi) is 36.2. The van der Waals surface area contributed by atoms with Gasteiger partial charge in [0, 0.05) is 117 Å². The van der Waals surface area contributed by atoms with Crippen molar-refractivity contribution in [2.45, 2.75) is 72.5 Å². The van der Waals surface area contributed by atoms with E-state index < -0.39 is 29.2 Å². The summed E-state index contributed by atoms with van der Waals surface area (Å²) in [5, 5.41) is 30.2. The number of hydrogen-bond acceptors (Lipinski definition) is 14. The number of nitrogens with zero attached hydrogens (tertiary/aromatic N) is 9. The maximum Gasteiger partial charge on any atom is 0.410 e. The summed E-state index contributed by atoms with van der Waals surface area (Å²) >= 11 is 1.96. The molecule has 2 fully saturated rings. The molecular weight excluding hydrogens is 1310 g/mol. The lowest BCUT2D eigenvalue weighted by Crippen LogP contribution is -2.54. The summed E-state index contributed by atoms with van der Waals surface area (Å²) in [6.45, 7) is 16.0. The van der Waals surface area contributed by atoms with Crippen molar-refractivity contribution in [1.29, 1.82) is 0 Å². The number of oxime groups is 1. The van der Waals surface area contributed by atoms with E-state index in [2.05, 4.69) is 35.9 Å². The molecule has 2 aliphatic heterocycles. The largest absolute Gasteiger partial charge is 0.481 e. The minimum Gasteiger partial charge on any atom is -0.481 e. The van der Waals surface area contributed by atoms with E-state index in [1.807, 2.05) is 112 Å². The molecule has 7 heterocycles. The number of nitrogens with one attached hydrogen (secondary N) is 2. The first kappa shape index (κ1) is 78.0. The number of pyridine rings is 2. The van der Waals surface area contributed by atoms with Crippen LogP contribution in [0.5, 0.6) is 0 Å². The Balaban J connectivity index is 0. The number of likely N-dealkylation sites (tertiary alicyclic amines) is 2. The molecule has 0 unspecified atom stereocenters. The Hall–Kier alpha value is -9.00. The van der Waals surface area contributed by atoms with Gasteiger partial charge in [-0.3, -0.25) is 27.9 Å². The first-order valence-electron chi connectivity index (χ1n) is 24.6. The van der Waals surface area contributed by atoms with E-state index in [4.69, 9.17) is 86.3 Å². The van der Waals surface area contributed by atoms with Crippen LogP contribution in [0.2, 0.25) is 0 Å². The first-order chi connectivity index (χ1) is 41.5. The summed E-state index contributed by atoms with van der Waals surface area (Å²) in [5.74, 6) is -1.01. The topological polar surface area (TPSA) is 287 Å². The van der Waals surface area contributed by atoms with Crippen LogP contribution in [0.25, 0.3) is 22.7 Å². The van der Waals surface area contributed by atoms with Crippen LogP contribution in [0, 0.1) is 19.8 Å². The Morgan fingerprint density at radius 3 is 1.52 bits per heavy atom. The zero-order valence-electron chi connectivity index (χ0n) is 48.0. The van der Waals surface area contributed by atoms with E-state index >= 15 is 0 Å². The molecule has 0 aliphatic carbocycles. The van der Waals surface area contributed by atoms with Crippen molar-refractivity contribution in [2.75, 3.05) is 41.7 Å². The van der Waals surface area contributed by atoms with Crippen LogP contribution in [0.3, 0.4) is 0 Å². The summed E-state index contributed by atoms with van der Waals surface area (Å²) in [6, 6.07) is 21.8. The fourth-order valence-corrected chi connectivity index (χ4v) is 7.18. The lowest BCUT2D eigenvalue weighted by molar-refractivity contribution is -0.146. The monoisotopic (exact) mass is 1380 g/mol. The van der Waals surface area contributed by atoms with E-state index in [-0.39, 0.29) is 47.5 Å². The number of carboxylic acids is 1. The summed E-state index contributed by atoms with van der Waals surface area (Å²) in [6.07, 6.45) is 5.86. The highest BCUT2D eigenvalue weighted by molar-refractivity contribution is 14.1. The predicted molar refractivity (Wildman–Crippen MR) is 300 cm³/mol. The van der Waals surface area contributed by atoms with Gasteiger partial charge in [-0.15, -0.1) is 0 Å². The van der Waals surface area contributed by atoms with Gasteiger partial charge in [0.05, 0.1) is 24.2 Å². The van der Waals surface area contributed by atoms with E-state index in [0.29, 0.717) is 74.9 Å². The second-order valence-corrected chi connectivity index (χ2v) is 19.1. The summed E-state index contributed by atoms with van der Waals surface area (Å²) in [7, 11) is 0. The number of carboxylic acid groups (broad SMARTS) is 1. The molecule has 0 bridgehead atoms. The van der Waals surface area contributed by atoms with Gasteiger partial charge in [-0.05, 0) is 108 Å². The van der Waals surface area contributed by atoms with Gasteiger partial charge in [-0.1, -0.05) is 69.3 Å². The van der Waals surface area contributed by atoms with Crippen LogP contribution in [-0.2, 0) is 14.3 Å².